The van der Waals surface area contributed by atoms with Crippen molar-refractivity contribution in [2.75, 3.05) is 6.61 Å². The number of carboxylic acids is 1. The van der Waals surface area contributed by atoms with Gasteiger partial charge in [0.15, 0.2) is 0 Å². The van der Waals surface area contributed by atoms with E-state index in [1.807, 2.05) is 6.92 Å². The predicted octanol–water partition coefficient (Wildman–Crippen LogP) is 1.76. The van der Waals surface area contributed by atoms with Gasteiger partial charge in [-0.25, -0.2) is 4.79 Å². The Morgan fingerprint density at radius 3 is 2.85 bits per heavy atom. The van der Waals surface area contributed by atoms with E-state index < -0.39 is 5.97 Å². The second-order valence-electron chi connectivity index (χ2n) is 2.55. The van der Waals surface area contributed by atoms with E-state index in [4.69, 9.17) is 10.2 Å². The van der Waals surface area contributed by atoms with Crippen LogP contribution >= 0.6 is 11.3 Å². The fourth-order valence-electron chi connectivity index (χ4n) is 0.927. The second-order valence-corrected chi connectivity index (χ2v) is 3.63. The number of hydrogen-bond donors (Lipinski definition) is 2. The lowest BCUT2D eigenvalue weighted by Crippen LogP contribution is -1.89. The van der Waals surface area contributed by atoms with Gasteiger partial charge in [-0.2, -0.15) is 0 Å². The van der Waals surface area contributed by atoms with E-state index in [-0.39, 0.29) is 6.61 Å². The van der Waals surface area contributed by atoms with E-state index in [1.165, 1.54) is 11.3 Å². The van der Waals surface area contributed by atoms with Crippen LogP contribution in [0.5, 0.6) is 0 Å². The first-order chi connectivity index (χ1) is 6.15. The average molecular weight is 198 g/mol. The van der Waals surface area contributed by atoms with Crippen LogP contribution in [0.3, 0.4) is 0 Å². The van der Waals surface area contributed by atoms with Gasteiger partial charge in [-0.3, -0.25) is 0 Å². The van der Waals surface area contributed by atoms with Crippen LogP contribution in [0.1, 0.15) is 20.1 Å². The SMILES string of the molecule is Cc1cc(C(=O)O)sc1C=CCO. The summed E-state index contributed by atoms with van der Waals surface area (Å²) in [5.41, 5.74) is 0.923. The third-order valence-corrected chi connectivity index (χ3v) is 2.73. The summed E-state index contributed by atoms with van der Waals surface area (Å²) >= 11 is 1.21. The van der Waals surface area contributed by atoms with Gasteiger partial charge in [0.1, 0.15) is 4.88 Å². The zero-order valence-corrected chi connectivity index (χ0v) is 7.97. The van der Waals surface area contributed by atoms with Crippen LogP contribution in [0.25, 0.3) is 6.08 Å². The summed E-state index contributed by atoms with van der Waals surface area (Å²) in [4.78, 5) is 11.8. The minimum atomic E-state index is -0.906. The molecule has 3 nitrogen and oxygen atoms in total. The number of aromatic carboxylic acids is 1. The Balaban J connectivity index is 2.96. The molecular formula is C9H10O3S. The molecule has 70 valence electrons. The smallest absolute Gasteiger partial charge is 0.345 e. The molecule has 2 N–H and O–H groups in total. The summed E-state index contributed by atoms with van der Waals surface area (Å²) in [6.07, 6.45) is 3.32. The molecule has 0 atom stereocenters. The maximum absolute atomic E-state index is 10.6. The van der Waals surface area contributed by atoms with Crippen molar-refractivity contribution in [2.24, 2.45) is 0 Å². The van der Waals surface area contributed by atoms with Gasteiger partial charge in [-0.15, -0.1) is 11.3 Å². The third-order valence-electron chi connectivity index (χ3n) is 1.54. The number of rotatable bonds is 3. The van der Waals surface area contributed by atoms with Crippen LogP contribution in [-0.2, 0) is 0 Å². The largest absolute Gasteiger partial charge is 0.477 e. The molecule has 0 saturated heterocycles. The highest BCUT2D eigenvalue weighted by Gasteiger charge is 2.08. The topological polar surface area (TPSA) is 57.5 Å². The van der Waals surface area contributed by atoms with E-state index in [1.54, 1.807) is 18.2 Å². The van der Waals surface area contributed by atoms with Gasteiger partial charge in [0.25, 0.3) is 0 Å². The van der Waals surface area contributed by atoms with Crippen LogP contribution in [0, 0.1) is 6.92 Å². The molecule has 1 heterocycles. The summed E-state index contributed by atoms with van der Waals surface area (Å²) in [7, 11) is 0. The van der Waals surface area contributed by atoms with Crippen molar-refractivity contribution in [3.63, 3.8) is 0 Å². The molecule has 1 aromatic rings. The molecule has 4 heteroatoms. The van der Waals surface area contributed by atoms with Crippen molar-refractivity contribution in [2.45, 2.75) is 6.92 Å². The number of hydrogen-bond acceptors (Lipinski definition) is 3. The van der Waals surface area contributed by atoms with Crippen molar-refractivity contribution >= 4 is 23.4 Å². The molecule has 0 spiro atoms. The molecule has 0 aliphatic carbocycles. The first-order valence-corrected chi connectivity index (χ1v) is 4.58. The van der Waals surface area contributed by atoms with Gasteiger partial charge in [0.2, 0.25) is 0 Å². The molecule has 0 radical (unpaired) electrons. The summed E-state index contributed by atoms with van der Waals surface area (Å²) in [5.74, 6) is -0.906. The lowest BCUT2D eigenvalue weighted by Gasteiger charge is -1.86. The van der Waals surface area contributed by atoms with Crippen molar-refractivity contribution in [3.05, 3.63) is 27.5 Å². The van der Waals surface area contributed by atoms with Crippen molar-refractivity contribution < 1.29 is 15.0 Å². The molecule has 13 heavy (non-hydrogen) atoms. The van der Waals surface area contributed by atoms with Gasteiger partial charge in [-0.05, 0) is 24.6 Å². The van der Waals surface area contributed by atoms with E-state index in [0.717, 1.165) is 10.4 Å². The molecule has 0 fully saturated rings. The van der Waals surface area contributed by atoms with Crippen molar-refractivity contribution in [1.29, 1.82) is 0 Å². The molecule has 1 rings (SSSR count). The Bertz CT molecular complexity index is 339. The molecular weight excluding hydrogens is 188 g/mol. The number of thiophene rings is 1. The summed E-state index contributed by atoms with van der Waals surface area (Å²) in [6, 6.07) is 1.63. The average Bonchev–Trinajstić information content (AvgIpc) is 2.44. The molecule has 0 saturated carbocycles. The molecule has 1 aromatic heterocycles. The van der Waals surface area contributed by atoms with Crippen LogP contribution < -0.4 is 0 Å². The zero-order chi connectivity index (χ0) is 9.84. The second kappa shape index (κ2) is 4.20. The lowest BCUT2D eigenvalue weighted by atomic mass is 10.2. The minimum Gasteiger partial charge on any atom is -0.477 e. The van der Waals surface area contributed by atoms with Crippen LogP contribution in [-0.4, -0.2) is 22.8 Å². The Hall–Kier alpha value is -1.13. The summed E-state index contributed by atoms with van der Waals surface area (Å²) in [5, 5.41) is 17.2. The van der Waals surface area contributed by atoms with E-state index in [0.29, 0.717) is 4.88 Å². The number of aryl methyl sites for hydroxylation is 1. The number of carbonyl (C=O) groups is 1. The first-order valence-electron chi connectivity index (χ1n) is 3.76. The Kier molecular flexibility index (Phi) is 3.22. The molecule has 0 bridgehead atoms. The van der Waals surface area contributed by atoms with Crippen LogP contribution in [0.4, 0.5) is 0 Å². The lowest BCUT2D eigenvalue weighted by molar-refractivity contribution is 0.0702. The third kappa shape index (κ3) is 2.40. The zero-order valence-electron chi connectivity index (χ0n) is 7.15. The Labute approximate surface area is 80.0 Å². The maximum Gasteiger partial charge on any atom is 0.345 e. The van der Waals surface area contributed by atoms with E-state index in [2.05, 4.69) is 0 Å². The highest BCUT2D eigenvalue weighted by atomic mass is 32.1. The molecule has 0 aromatic carbocycles. The Morgan fingerprint density at radius 2 is 2.38 bits per heavy atom. The minimum absolute atomic E-state index is 0.0280. The molecule has 0 aliphatic heterocycles. The summed E-state index contributed by atoms with van der Waals surface area (Å²) < 4.78 is 0. The molecule has 0 aliphatic rings. The maximum atomic E-state index is 10.6. The number of aliphatic hydroxyl groups is 1. The van der Waals surface area contributed by atoms with E-state index in [9.17, 15) is 4.79 Å². The van der Waals surface area contributed by atoms with Crippen LogP contribution in [0.15, 0.2) is 12.1 Å². The highest BCUT2D eigenvalue weighted by Crippen LogP contribution is 2.22. The number of carboxylic acid groups (broad SMARTS) is 1. The standard InChI is InChI=1S/C9H10O3S/c1-6-5-8(9(11)12)13-7(6)3-2-4-10/h2-3,5,10H,4H2,1H3,(H,11,12). The Morgan fingerprint density at radius 1 is 1.69 bits per heavy atom. The fraction of sp³-hybridized carbons (Fsp3) is 0.222. The van der Waals surface area contributed by atoms with Gasteiger partial charge in [0, 0.05) is 4.88 Å². The predicted molar refractivity (Wildman–Crippen MR) is 52.1 cm³/mol. The number of aliphatic hydroxyl groups excluding tert-OH is 1. The van der Waals surface area contributed by atoms with Gasteiger partial charge in [0.05, 0.1) is 6.61 Å². The van der Waals surface area contributed by atoms with E-state index >= 15 is 0 Å². The quantitative estimate of drug-likeness (QED) is 0.778. The molecule has 0 unspecified atom stereocenters. The monoisotopic (exact) mass is 198 g/mol. The van der Waals surface area contributed by atoms with Crippen LogP contribution in [0.2, 0.25) is 0 Å². The van der Waals surface area contributed by atoms with Crippen molar-refractivity contribution in [1.82, 2.24) is 0 Å². The van der Waals surface area contributed by atoms with Gasteiger partial charge < -0.3 is 10.2 Å². The normalized spacial score (nSPS) is 10.9. The van der Waals surface area contributed by atoms with Gasteiger partial charge in [-0.1, -0.05) is 6.08 Å². The van der Waals surface area contributed by atoms with Gasteiger partial charge >= 0.3 is 5.97 Å². The summed E-state index contributed by atoms with van der Waals surface area (Å²) in [6.45, 7) is 1.82. The first kappa shape index (κ1) is 9.95. The highest BCUT2D eigenvalue weighted by molar-refractivity contribution is 7.15. The molecule has 0 amide bonds. The fourth-order valence-corrected chi connectivity index (χ4v) is 1.87. The van der Waals surface area contributed by atoms with Crippen molar-refractivity contribution in [3.8, 4) is 0 Å².